The van der Waals surface area contributed by atoms with Crippen LogP contribution in [-0.2, 0) is 12.8 Å². The molecule has 1 aromatic heterocycles. The van der Waals surface area contributed by atoms with Gasteiger partial charge >= 0.3 is 0 Å². The van der Waals surface area contributed by atoms with E-state index in [1.807, 2.05) is 18.4 Å². The number of rotatable bonds is 5. The molecule has 1 unspecified atom stereocenters. The van der Waals surface area contributed by atoms with E-state index in [0.29, 0.717) is 5.92 Å². The highest BCUT2D eigenvalue weighted by Crippen LogP contribution is 2.34. The molecule has 0 radical (unpaired) electrons. The largest absolute Gasteiger partial charge is 0.319 e. The Morgan fingerprint density at radius 3 is 3.12 bits per heavy atom. The number of aromatic nitrogens is 1. The minimum absolute atomic E-state index is 0.667. The molecule has 0 spiro atoms. The summed E-state index contributed by atoms with van der Waals surface area (Å²) in [5.74, 6) is 0.667. The van der Waals surface area contributed by atoms with Crippen molar-refractivity contribution < 1.29 is 0 Å². The molecule has 0 aliphatic heterocycles. The van der Waals surface area contributed by atoms with E-state index in [-0.39, 0.29) is 0 Å². The molecular weight excluding hydrogens is 216 g/mol. The summed E-state index contributed by atoms with van der Waals surface area (Å²) in [7, 11) is 2.04. The number of nitrogens with zero attached hydrogens (tertiary/aromatic N) is 1. The van der Waals surface area contributed by atoms with E-state index in [1.54, 1.807) is 4.88 Å². The molecule has 0 saturated heterocycles. The molecule has 1 atom stereocenters. The predicted octanol–water partition coefficient (Wildman–Crippen LogP) is 3.13. The van der Waals surface area contributed by atoms with E-state index < -0.39 is 0 Å². The van der Waals surface area contributed by atoms with Gasteiger partial charge in [-0.25, -0.2) is 4.98 Å². The van der Waals surface area contributed by atoms with Gasteiger partial charge in [0.25, 0.3) is 0 Å². The summed E-state index contributed by atoms with van der Waals surface area (Å²) in [6.07, 6.45) is 7.65. The number of likely N-dealkylation sites (N-methyl/N-ethyl adjacent to an activating group) is 1. The Balaban J connectivity index is 2.10. The molecule has 0 saturated carbocycles. The molecule has 0 bridgehead atoms. The molecule has 2 nitrogen and oxygen atoms in total. The molecule has 3 heteroatoms. The van der Waals surface area contributed by atoms with Gasteiger partial charge in [-0.05, 0) is 39.2 Å². The Morgan fingerprint density at radius 1 is 1.50 bits per heavy atom. The lowest BCUT2D eigenvalue weighted by Crippen LogP contribution is -2.21. The maximum atomic E-state index is 4.87. The van der Waals surface area contributed by atoms with E-state index in [9.17, 15) is 0 Å². The minimum atomic E-state index is 0.667. The number of hydrogen-bond donors (Lipinski definition) is 1. The van der Waals surface area contributed by atoms with Crippen molar-refractivity contribution in [3.63, 3.8) is 0 Å². The molecule has 1 aromatic rings. The second kappa shape index (κ2) is 5.78. The number of hydrogen-bond acceptors (Lipinski definition) is 3. The highest BCUT2D eigenvalue weighted by molar-refractivity contribution is 7.11. The van der Waals surface area contributed by atoms with E-state index in [2.05, 4.69) is 12.2 Å². The molecule has 90 valence electrons. The van der Waals surface area contributed by atoms with Crippen molar-refractivity contribution in [3.05, 3.63) is 15.6 Å². The van der Waals surface area contributed by atoms with Crippen LogP contribution in [0.15, 0.2) is 0 Å². The summed E-state index contributed by atoms with van der Waals surface area (Å²) in [5, 5.41) is 4.67. The zero-order chi connectivity index (χ0) is 11.4. The lowest BCUT2D eigenvalue weighted by Gasteiger charge is -2.20. The van der Waals surface area contributed by atoms with Crippen molar-refractivity contribution in [3.8, 4) is 0 Å². The Labute approximate surface area is 102 Å². The first-order valence-corrected chi connectivity index (χ1v) is 7.29. The standard InChI is InChI=1S/C13H22N2S/c1-3-4-8-12-15-13-10(9-14-2)6-5-7-11(13)16-12/h10,14H,3-9H2,1-2H3. The third-order valence-electron chi connectivity index (χ3n) is 3.31. The van der Waals surface area contributed by atoms with E-state index in [1.165, 1.54) is 49.2 Å². The SMILES string of the molecule is CCCCc1nc2c(s1)CCCC2CNC. The van der Waals surface area contributed by atoms with Crippen molar-refractivity contribution in [1.29, 1.82) is 0 Å². The van der Waals surface area contributed by atoms with E-state index >= 15 is 0 Å². The normalized spacial score (nSPS) is 19.8. The fraction of sp³-hybridized carbons (Fsp3) is 0.769. The quantitative estimate of drug-likeness (QED) is 0.852. The van der Waals surface area contributed by atoms with Gasteiger partial charge in [-0.1, -0.05) is 13.3 Å². The minimum Gasteiger partial charge on any atom is -0.319 e. The van der Waals surface area contributed by atoms with Gasteiger partial charge in [-0.15, -0.1) is 11.3 Å². The zero-order valence-corrected chi connectivity index (χ0v) is 11.2. The highest BCUT2D eigenvalue weighted by atomic mass is 32.1. The second-order valence-corrected chi connectivity index (χ2v) is 5.83. The molecule has 0 aromatic carbocycles. The van der Waals surface area contributed by atoms with Crippen LogP contribution in [0.25, 0.3) is 0 Å². The van der Waals surface area contributed by atoms with Gasteiger partial charge in [0.2, 0.25) is 0 Å². The zero-order valence-electron chi connectivity index (χ0n) is 10.4. The lowest BCUT2D eigenvalue weighted by atomic mass is 9.91. The summed E-state index contributed by atoms with van der Waals surface area (Å²) in [6.45, 7) is 3.33. The van der Waals surface area contributed by atoms with Crippen molar-refractivity contribution in [2.24, 2.45) is 0 Å². The fourth-order valence-electron chi connectivity index (χ4n) is 2.44. The van der Waals surface area contributed by atoms with Gasteiger partial charge in [-0.2, -0.15) is 0 Å². The van der Waals surface area contributed by atoms with Crippen LogP contribution in [0.5, 0.6) is 0 Å². The van der Waals surface area contributed by atoms with Crippen LogP contribution in [0.4, 0.5) is 0 Å². The first kappa shape index (κ1) is 12.1. The van der Waals surface area contributed by atoms with Crippen molar-refractivity contribution >= 4 is 11.3 Å². The second-order valence-electron chi connectivity index (χ2n) is 4.67. The van der Waals surface area contributed by atoms with Gasteiger partial charge in [-0.3, -0.25) is 0 Å². The van der Waals surface area contributed by atoms with Crippen LogP contribution in [0, 0.1) is 0 Å². The van der Waals surface area contributed by atoms with Crippen molar-refractivity contribution in [2.75, 3.05) is 13.6 Å². The molecule has 16 heavy (non-hydrogen) atoms. The summed E-state index contributed by atoms with van der Waals surface area (Å²) in [6, 6.07) is 0. The monoisotopic (exact) mass is 238 g/mol. The van der Waals surface area contributed by atoms with Gasteiger partial charge in [0.1, 0.15) is 0 Å². The molecule has 1 heterocycles. The first-order chi connectivity index (χ1) is 7.85. The summed E-state index contributed by atoms with van der Waals surface area (Å²) >= 11 is 1.97. The average molecular weight is 238 g/mol. The van der Waals surface area contributed by atoms with Crippen molar-refractivity contribution in [2.45, 2.75) is 51.4 Å². The van der Waals surface area contributed by atoms with Crippen LogP contribution in [0.2, 0.25) is 0 Å². The molecule has 1 aliphatic carbocycles. The Kier molecular flexibility index (Phi) is 4.36. The number of fused-ring (bicyclic) bond motifs is 1. The Bertz CT molecular complexity index is 333. The highest BCUT2D eigenvalue weighted by Gasteiger charge is 2.23. The third-order valence-corrected chi connectivity index (χ3v) is 4.50. The Hall–Kier alpha value is -0.410. The number of nitrogens with one attached hydrogen (secondary N) is 1. The summed E-state index contributed by atoms with van der Waals surface area (Å²) in [4.78, 5) is 6.43. The third kappa shape index (κ3) is 2.64. The first-order valence-electron chi connectivity index (χ1n) is 6.48. The van der Waals surface area contributed by atoms with E-state index in [4.69, 9.17) is 4.98 Å². The van der Waals surface area contributed by atoms with Crippen LogP contribution in [-0.4, -0.2) is 18.6 Å². The van der Waals surface area contributed by atoms with Gasteiger partial charge in [0.05, 0.1) is 10.7 Å². The fourth-order valence-corrected chi connectivity index (χ4v) is 3.68. The molecule has 2 rings (SSSR count). The van der Waals surface area contributed by atoms with E-state index in [0.717, 1.165) is 6.54 Å². The van der Waals surface area contributed by atoms with Gasteiger partial charge < -0.3 is 5.32 Å². The predicted molar refractivity (Wildman–Crippen MR) is 70.3 cm³/mol. The molecular formula is C13H22N2S. The maximum absolute atomic E-state index is 4.87. The topological polar surface area (TPSA) is 24.9 Å². The summed E-state index contributed by atoms with van der Waals surface area (Å²) in [5.41, 5.74) is 1.41. The number of thiazole rings is 1. The summed E-state index contributed by atoms with van der Waals surface area (Å²) < 4.78 is 0. The smallest absolute Gasteiger partial charge is 0.0931 e. The van der Waals surface area contributed by atoms with Crippen LogP contribution in [0.3, 0.4) is 0 Å². The number of unbranched alkanes of at least 4 members (excludes halogenated alkanes) is 1. The Morgan fingerprint density at radius 2 is 2.38 bits per heavy atom. The maximum Gasteiger partial charge on any atom is 0.0931 e. The van der Waals surface area contributed by atoms with Crippen molar-refractivity contribution in [1.82, 2.24) is 10.3 Å². The molecule has 1 aliphatic rings. The molecule has 1 N–H and O–H groups in total. The van der Waals surface area contributed by atoms with Gasteiger partial charge in [0, 0.05) is 17.3 Å². The number of aryl methyl sites for hydroxylation is 2. The lowest BCUT2D eigenvalue weighted by molar-refractivity contribution is 0.521. The van der Waals surface area contributed by atoms with Gasteiger partial charge in [0.15, 0.2) is 0 Å². The molecule has 0 fully saturated rings. The molecule has 0 amide bonds. The van der Waals surface area contributed by atoms with Crippen LogP contribution in [0.1, 0.15) is 54.1 Å². The average Bonchev–Trinajstić information content (AvgIpc) is 2.70. The van der Waals surface area contributed by atoms with Crippen LogP contribution < -0.4 is 5.32 Å². The van der Waals surface area contributed by atoms with Crippen LogP contribution >= 0.6 is 11.3 Å².